The molecule has 1 amide bonds. The number of hydrogen-bond donors (Lipinski definition) is 2. The normalized spacial score (nSPS) is 11.1. The fraction of sp³-hybridized carbons (Fsp3) is 0.111. The predicted molar refractivity (Wildman–Crippen MR) is 92.3 cm³/mol. The highest BCUT2D eigenvalue weighted by molar-refractivity contribution is 6.07. The number of aromatic nitrogens is 1. The summed E-state index contributed by atoms with van der Waals surface area (Å²) in [6.07, 6.45) is 0. The molecule has 0 fully saturated rings. The van der Waals surface area contributed by atoms with Gasteiger partial charge in [-0.15, -0.1) is 0 Å². The summed E-state index contributed by atoms with van der Waals surface area (Å²) in [4.78, 5) is 26.4. The van der Waals surface area contributed by atoms with Gasteiger partial charge >= 0.3 is 5.76 Å². The number of H-pyrrole nitrogens is 1. The molecule has 2 heterocycles. The van der Waals surface area contributed by atoms with Crippen LogP contribution < -0.4 is 15.8 Å². The van der Waals surface area contributed by atoms with Gasteiger partial charge in [0.1, 0.15) is 0 Å². The lowest BCUT2D eigenvalue weighted by Crippen LogP contribution is -2.12. The Labute approximate surface area is 141 Å². The van der Waals surface area contributed by atoms with E-state index in [4.69, 9.17) is 13.6 Å². The molecular weight excluding hydrogens is 324 g/mol. The van der Waals surface area contributed by atoms with E-state index in [1.165, 1.54) is 0 Å². The van der Waals surface area contributed by atoms with E-state index in [0.29, 0.717) is 28.1 Å². The molecular formula is C18H14N2O5. The van der Waals surface area contributed by atoms with Crippen LogP contribution in [0.4, 0.5) is 5.69 Å². The van der Waals surface area contributed by atoms with Crippen molar-refractivity contribution in [3.8, 4) is 5.75 Å². The van der Waals surface area contributed by atoms with Gasteiger partial charge in [-0.2, -0.15) is 0 Å². The van der Waals surface area contributed by atoms with Crippen LogP contribution in [-0.2, 0) is 0 Å². The summed E-state index contributed by atoms with van der Waals surface area (Å²) in [5.74, 6) is -0.156. The molecule has 0 aliphatic rings. The Hall–Kier alpha value is -3.48. The number of nitrogens with one attached hydrogen (secondary N) is 2. The second-order valence-corrected chi connectivity index (χ2v) is 5.57. The van der Waals surface area contributed by atoms with Crippen molar-refractivity contribution >= 4 is 33.7 Å². The summed E-state index contributed by atoms with van der Waals surface area (Å²) in [6.45, 7) is 1.82. The molecule has 2 aromatic carbocycles. The van der Waals surface area contributed by atoms with Gasteiger partial charge < -0.3 is 18.9 Å². The molecule has 0 unspecified atom stereocenters. The van der Waals surface area contributed by atoms with Gasteiger partial charge in [0.05, 0.1) is 12.6 Å². The number of hydrogen-bond acceptors (Lipinski definition) is 5. The molecule has 126 valence electrons. The lowest BCUT2D eigenvalue weighted by Gasteiger charge is -2.03. The van der Waals surface area contributed by atoms with E-state index in [0.717, 1.165) is 10.9 Å². The number of fused-ring (bicyclic) bond motifs is 2. The molecule has 0 aliphatic heterocycles. The van der Waals surface area contributed by atoms with Crippen molar-refractivity contribution in [2.45, 2.75) is 6.92 Å². The minimum atomic E-state index is -0.543. The average molecular weight is 338 g/mol. The van der Waals surface area contributed by atoms with Crippen LogP contribution in [0.1, 0.15) is 16.1 Å². The number of para-hydroxylation sites is 1. The zero-order chi connectivity index (χ0) is 17.6. The van der Waals surface area contributed by atoms with E-state index in [1.807, 2.05) is 19.1 Å². The van der Waals surface area contributed by atoms with Crippen LogP contribution in [0.3, 0.4) is 0 Å². The Morgan fingerprint density at radius 2 is 2.04 bits per heavy atom. The largest absolute Gasteiger partial charge is 0.493 e. The van der Waals surface area contributed by atoms with Crippen molar-refractivity contribution in [1.29, 1.82) is 0 Å². The molecule has 0 aliphatic carbocycles. The number of rotatable bonds is 3. The van der Waals surface area contributed by atoms with E-state index in [1.54, 1.807) is 31.4 Å². The number of benzene rings is 2. The maximum atomic E-state index is 12.6. The third-order valence-corrected chi connectivity index (χ3v) is 4.03. The van der Waals surface area contributed by atoms with Crippen LogP contribution in [0.5, 0.6) is 5.75 Å². The Bertz CT molecular complexity index is 1170. The number of carbonyl (C=O) groups excluding carboxylic acids is 1. The Kier molecular flexibility index (Phi) is 3.35. The molecule has 4 rings (SSSR count). The van der Waals surface area contributed by atoms with E-state index >= 15 is 0 Å². The fourth-order valence-corrected chi connectivity index (χ4v) is 2.81. The minimum absolute atomic E-state index is 0.209. The maximum absolute atomic E-state index is 12.6. The summed E-state index contributed by atoms with van der Waals surface area (Å²) in [7, 11) is 1.55. The number of amides is 1. The van der Waals surface area contributed by atoms with Crippen LogP contribution in [0.25, 0.3) is 22.1 Å². The Morgan fingerprint density at radius 3 is 2.84 bits per heavy atom. The van der Waals surface area contributed by atoms with Crippen LogP contribution in [0.2, 0.25) is 0 Å². The Balaban J connectivity index is 1.71. The molecule has 2 N–H and O–H groups in total. The third kappa shape index (κ3) is 2.46. The Morgan fingerprint density at radius 1 is 1.20 bits per heavy atom. The molecule has 4 aromatic rings. The number of carbonyl (C=O) groups is 1. The summed E-state index contributed by atoms with van der Waals surface area (Å²) < 4.78 is 15.9. The molecule has 2 aromatic heterocycles. The van der Waals surface area contributed by atoms with E-state index in [-0.39, 0.29) is 11.7 Å². The van der Waals surface area contributed by atoms with Gasteiger partial charge in [-0.05, 0) is 31.2 Å². The van der Waals surface area contributed by atoms with Crippen LogP contribution in [-0.4, -0.2) is 18.0 Å². The van der Waals surface area contributed by atoms with Crippen molar-refractivity contribution in [1.82, 2.24) is 4.98 Å². The first-order valence-corrected chi connectivity index (χ1v) is 7.57. The van der Waals surface area contributed by atoms with Gasteiger partial charge in [-0.1, -0.05) is 12.1 Å². The number of ether oxygens (including phenoxy) is 1. The first-order valence-electron chi connectivity index (χ1n) is 7.57. The topological polar surface area (TPSA) is 97.5 Å². The first kappa shape index (κ1) is 15.1. The van der Waals surface area contributed by atoms with Gasteiger partial charge in [0, 0.05) is 16.6 Å². The van der Waals surface area contributed by atoms with Gasteiger partial charge in [-0.25, -0.2) is 4.79 Å². The minimum Gasteiger partial charge on any atom is -0.493 e. The highest BCUT2D eigenvalue weighted by atomic mass is 16.5. The van der Waals surface area contributed by atoms with Crippen LogP contribution in [0, 0.1) is 6.92 Å². The second-order valence-electron chi connectivity index (χ2n) is 5.57. The fourth-order valence-electron chi connectivity index (χ4n) is 2.81. The summed E-state index contributed by atoms with van der Waals surface area (Å²) in [5, 5.41) is 3.58. The zero-order valence-electron chi connectivity index (χ0n) is 13.5. The van der Waals surface area contributed by atoms with Gasteiger partial charge in [0.2, 0.25) is 0 Å². The third-order valence-electron chi connectivity index (χ3n) is 4.03. The van der Waals surface area contributed by atoms with E-state index in [2.05, 4.69) is 10.3 Å². The summed E-state index contributed by atoms with van der Waals surface area (Å²) in [6, 6.07) is 10.4. The first-order chi connectivity index (χ1) is 12.1. The molecule has 0 spiro atoms. The van der Waals surface area contributed by atoms with Crippen molar-refractivity contribution < 1.29 is 18.4 Å². The number of aryl methyl sites for hydroxylation is 1. The average Bonchev–Trinajstić information content (AvgIpc) is 3.13. The molecule has 7 nitrogen and oxygen atoms in total. The van der Waals surface area contributed by atoms with Crippen molar-refractivity contribution in [3.05, 3.63) is 58.3 Å². The summed E-state index contributed by atoms with van der Waals surface area (Å²) in [5.41, 5.74) is 2.70. The maximum Gasteiger partial charge on any atom is 0.417 e. The highest BCUT2D eigenvalue weighted by Crippen LogP contribution is 2.32. The molecule has 0 saturated heterocycles. The highest BCUT2D eigenvalue weighted by Gasteiger charge is 2.20. The SMILES string of the molecule is COc1cccc2c(C)c(C(=O)Nc3ccc4oc(=O)[nH]c4c3)oc12. The molecule has 25 heavy (non-hydrogen) atoms. The van der Waals surface area contributed by atoms with Gasteiger partial charge in [-0.3, -0.25) is 9.78 Å². The molecule has 0 saturated carbocycles. The van der Waals surface area contributed by atoms with E-state index in [9.17, 15) is 9.59 Å². The van der Waals surface area contributed by atoms with Crippen LogP contribution >= 0.6 is 0 Å². The second kappa shape index (κ2) is 5.55. The summed E-state index contributed by atoms with van der Waals surface area (Å²) >= 11 is 0. The lowest BCUT2D eigenvalue weighted by molar-refractivity contribution is 0.0998. The molecule has 0 radical (unpaired) electrons. The number of oxazole rings is 1. The molecule has 0 bridgehead atoms. The van der Waals surface area contributed by atoms with Crippen molar-refractivity contribution in [3.63, 3.8) is 0 Å². The number of methoxy groups -OCH3 is 1. The van der Waals surface area contributed by atoms with Crippen molar-refractivity contribution in [2.75, 3.05) is 12.4 Å². The molecule has 7 heteroatoms. The molecule has 0 atom stereocenters. The smallest absolute Gasteiger partial charge is 0.417 e. The number of aromatic amines is 1. The monoisotopic (exact) mass is 338 g/mol. The van der Waals surface area contributed by atoms with Crippen LogP contribution in [0.15, 0.2) is 50.0 Å². The van der Waals surface area contributed by atoms with Gasteiger partial charge in [0.25, 0.3) is 5.91 Å². The zero-order valence-corrected chi connectivity index (χ0v) is 13.5. The number of furan rings is 1. The quantitative estimate of drug-likeness (QED) is 0.596. The lowest BCUT2D eigenvalue weighted by atomic mass is 10.1. The van der Waals surface area contributed by atoms with E-state index < -0.39 is 5.76 Å². The van der Waals surface area contributed by atoms with Gasteiger partial charge in [0.15, 0.2) is 22.7 Å². The predicted octanol–water partition coefficient (Wildman–Crippen LogP) is 3.44. The number of anilines is 1. The van der Waals surface area contributed by atoms with Crippen molar-refractivity contribution in [2.24, 2.45) is 0 Å². The standard InChI is InChI=1S/C18H14N2O5/c1-9-11-4-3-5-14(23-2)16(11)25-15(9)17(21)19-10-6-7-13-12(8-10)20-18(22)24-13/h3-8H,1-2H3,(H,19,21)(H,20,22).